The third-order valence-corrected chi connectivity index (χ3v) is 3.31. The molecular formula is C8H7N5O3S. The van der Waals surface area contributed by atoms with E-state index in [0.29, 0.717) is 0 Å². The lowest BCUT2D eigenvalue weighted by Crippen LogP contribution is -2.20. The van der Waals surface area contributed by atoms with E-state index in [2.05, 4.69) is 20.6 Å². The Labute approximate surface area is 96.1 Å². The number of tetrazole rings is 1. The average molecular weight is 253 g/mol. The van der Waals surface area contributed by atoms with Gasteiger partial charge >= 0.3 is 0 Å². The van der Waals surface area contributed by atoms with Crippen LogP contribution in [0.3, 0.4) is 0 Å². The van der Waals surface area contributed by atoms with Crippen molar-refractivity contribution < 1.29 is 13.2 Å². The number of benzene rings is 1. The van der Waals surface area contributed by atoms with Gasteiger partial charge < -0.3 is 0 Å². The molecule has 17 heavy (non-hydrogen) atoms. The van der Waals surface area contributed by atoms with E-state index in [1.165, 1.54) is 18.5 Å². The van der Waals surface area contributed by atoms with Crippen LogP contribution >= 0.6 is 0 Å². The maximum absolute atomic E-state index is 11.1. The molecule has 0 aliphatic carbocycles. The van der Waals surface area contributed by atoms with Gasteiger partial charge in [-0.05, 0) is 22.6 Å². The number of fused-ring (bicyclic) bond motifs is 1. The summed E-state index contributed by atoms with van der Waals surface area (Å²) in [5.41, 5.74) is 0.220. The zero-order chi connectivity index (χ0) is 12.3. The number of hydrogen-bond donors (Lipinski definition) is 2. The maximum Gasteiger partial charge on any atom is 0.266 e. The first kappa shape index (κ1) is 11.2. The Balaban J connectivity index is 0.000000181. The van der Waals surface area contributed by atoms with Crippen molar-refractivity contribution in [1.29, 1.82) is 0 Å². The van der Waals surface area contributed by atoms with Gasteiger partial charge in [0.1, 0.15) is 11.2 Å². The number of carbonyl (C=O) groups is 1. The fraction of sp³-hybridized carbons (Fsp3) is 0. The molecule has 1 aromatic heterocycles. The van der Waals surface area contributed by atoms with Gasteiger partial charge in [0.25, 0.3) is 15.9 Å². The number of aromatic amines is 1. The maximum atomic E-state index is 11.1. The van der Waals surface area contributed by atoms with Crippen LogP contribution in [0.1, 0.15) is 10.4 Å². The fourth-order valence-electron chi connectivity index (χ4n) is 1.25. The molecule has 2 aromatic rings. The monoisotopic (exact) mass is 253 g/mol. The smallest absolute Gasteiger partial charge is 0.266 e. The van der Waals surface area contributed by atoms with Crippen LogP contribution in [0.15, 0.2) is 35.5 Å². The predicted molar refractivity (Wildman–Crippen MR) is 55.3 cm³/mol. The lowest BCUT2D eigenvalue weighted by Gasteiger charge is -1.91. The first-order chi connectivity index (χ1) is 8.11. The van der Waals surface area contributed by atoms with Gasteiger partial charge in [-0.15, -0.1) is 5.10 Å². The van der Waals surface area contributed by atoms with Gasteiger partial charge in [0, 0.05) is 0 Å². The molecule has 0 atom stereocenters. The van der Waals surface area contributed by atoms with E-state index in [1.54, 1.807) is 12.1 Å². The van der Waals surface area contributed by atoms with Gasteiger partial charge in [0.15, 0.2) is 0 Å². The lowest BCUT2D eigenvalue weighted by molar-refractivity contribution is 0.0985. The van der Waals surface area contributed by atoms with Crippen molar-refractivity contribution in [3.8, 4) is 0 Å². The second-order valence-corrected chi connectivity index (χ2v) is 4.64. The van der Waals surface area contributed by atoms with Crippen molar-refractivity contribution in [1.82, 2.24) is 25.3 Å². The number of H-pyrrole nitrogens is 1. The van der Waals surface area contributed by atoms with Crippen molar-refractivity contribution in [2.24, 2.45) is 0 Å². The largest absolute Gasteiger partial charge is 0.268 e. The van der Waals surface area contributed by atoms with Crippen LogP contribution in [0.5, 0.6) is 0 Å². The van der Waals surface area contributed by atoms with Crippen LogP contribution in [-0.4, -0.2) is 34.9 Å². The summed E-state index contributed by atoms with van der Waals surface area (Å²) in [5.74, 6) is -0.550. The molecule has 0 unspecified atom stereocenters. The number of rotatable bonds is 0. The van der Waals surface area contributed by atoms with E-state index in [4.69, 9.17) is 0 Å². The third kappa shape index (κ3) is 2.28. The molecule has 1 aliphatic heterocycles. The Morgan fingerprint density at radius 1 is 1.18 bits per heavy atom. The summed E-state index contributed by atoms with van der Waals surface area (Å²) in [6.07, 6.45) is 1.40. The Morgan fingerprint density at radius 2 is 1.94 bits per heavy atom. The van der Waals surface area contributed by atoms with Gasteiger partial charge in [-0.3, -0.25) is 4.79 Å². The van der Waals surface area contributed by atoms with E-state index < -0.39 is 15.9 Å². The Morgan fingerprint density at radius 3 is 2.47 bits per heavy atom. The van der Waals surface area contributed by atoms with Crippen LogP contribution in [0, 0.1) is 0 Å². The molecule has 1 amide bonds. The van der Waals surface area contributed by atoms with Crippen LogP contribution in [0.25, 0.3) is 0 Å². The number of sulfonamides is 1. The molecule has 9 heteroatoms. The topological polar surface area (TPSA) is 118 Å². The number of nitrogens with one attached hydrogen (secondary N) is 2. The molecule has 2 N–H and O–H groups in total. The lowest BCUT2D eigenvalue weighted by atomic mass is 10.2. The highest BCUT2D eigenvalue weighted by Crippen LogP contribution is 2.20. The Hall–Kier alpha value is -2.29. The molecule has 0 spiro atoms. The van der Waals surface area contributed by atoms with Gasteiger partial charge in [-0.1, -0.05) is 12.1 Å². The molecule has 0 radical (unpaired) electrons. The standard InChI is InChI=1S/C7H5NO3S.CH2N4/c9-7-5-3-1-2-4-6(5)12(10,11)8-7;1-2-4-5-3-1/h1-4H,(H,8,9);1H,(H,2,3,4,5). The zero-order valence-electron chi connectivity index (χ0n) is 8.36. The highest BCUT2D eigenvalue weighted by atomic mass is 32.2. The molecule has 2 heterocycles. The Kier molecular flexibility index (Phi) is 2.83. The van der Waals surface area contributed by atoms with Crippen molar-refractivity contribution in [3.63, 3.8) is 0 Å². The third-order valence-electron chi connectivity index (χ3n) is 1.92. The molecule has 1 aromatic carbocycles. The summed E-state index contributed by atoms with van der Waals surface area (Å²) in [7, 11) is -3.55. The van der Waals surface area contributed by atoms with E-state index in [9.17, 15) is 13.2 Å². The molecule has 0 bridgehead atoms. The average Bonchev–Trinajstić information content (AvgIpc) is 2.92. The summed E-state index contributed by atoms with van der Waals surface area (Å²) < 4.78 is 24.2. The minimum absolute atomic E-state index is 0.0648. The second kappa shape index (κ2) is 4.29. The zero-order valence-corrected chi connectivity index (χ0v) is 9.18. The number of aromatic nitrogens is 4. The quantitative estimate of drug-likeness (QED) is 0.642. The van der Waals surface area contributed by atoms with Gasteiger partial charge in [0.2, 0.25) is 0 Å². The summed E-state index contributed by atoms with van der Waals surface area (Å²) in [5, 5.41) is 12.1. The van der Waals surface area contributed by atoms with Gasteiger partial charge in [-0.2, -0.15) is 0 Å². The normalized spacial score (nSPS) is 15.4. The van der Waals surface area contributed by atoms with Crippen molar-refractivity contribution in [2.75, 3.05) is 0 Å². The van der Waals surface area contributed by atoms with E-state index >= 15 is 0 Å². The molecule has 8 nitrogen and oxygen atoms in total. The van der Waals surface area contributed by atoms with Gasteiger partial charge in [0.05, 0.1) is 5.56 Å². The van der Waals surface area contributed by atoms with Crippen LogP contribution in [-0.2, 0) is 10.0 Å². The highest BCUT2D eigenvalue weighted by Gasteiger charge is 2.31. The van der Waals surface area contributed by atoms with Crippen LogP contribution in [0.2, 0.25) is 0 Å². The second-order valence-electron chi connectivity index (χ2n) is 2.99. The SMILES string of the molecule is O=C1NS(=O)(=O)c2ccccc21.c1nnn[nH]1. The fourth-order valence-corrected chi connectivity index (χ4v) is 2.42. The van der Waals surface area contributed by atoms with Crippen molar-refractivity contribution in [3.05, 3.63) is 36.2 Å². The molecule has 1 aliphatic rings. The van der Waals surface area contributed by atoms with Crippen molar-refractivity contribution >= 4 is 15.9 Å². The minimum atomic E-state index is -3.55. The number of carbonyl (C=O) groups excluding carboxylic acids is 1. The number of hydrogen-bond acceptors (Lipinski definition) is 6. The molecule has 0 saturated carbocycles. The minimum Gasteiger partial charge on any atom is -0.268 e. The first-order valence-electron chi connectivity index (χ1n) is 4.44. The molecule has 3 rings (SSSR count). The summed E-state index contributed by atoms with van der Waals surface area (Å²) in [6, 6.07) is 6.09. The molecule has 0 saturated heterocycles. The number of nitrogens with zero attached hydrogens (tertiary/aromatic N) is 3. The first-order valence-corrected chi connectivity index (χ1v) is 5.93. The van der Waals surface area contributed by atoms with Crippen LogP contribution < -0.4 is 4.72 Å². The van der Waals surface area contributed by atoms with E-state index in [0.717, 1.165) is 0 Å². The summed E-state index contributed by atoms with van der Waals surface area (Å²) >= 11 is 0. The van der Waals surface area contributed by atoms with Crippen LogP contribution in [0.4, 0.5) is 0 Å². The van der Waals surface area contributed by atoms with Gasteiger partial charge in [-0.25, -0.2) is 18.2 Å². The molecular weight excluding hydrogens is 246 g/mol. The summed E-state index contributed by atoms with van der Waals surface area (Å²) in [6.45, 7) is 0. The predicted octanol–water partition coefficient (Wildman–Crippen LogP) is -0.682. The van der Waals surface area contributed by atoms with Crippen molar-refractivity contribution in [2.45, 2.75) is 4.90 Å². The van der Waals surface area contributed by atoms with E-state index in [-0.39, 0.29) is 10.5 Å². The molecule has 0 fully saturated rings. The van der Waals surface area contributed by atoms with E-state index in [1.807, 2.05) is 4.72 Å². The number of amides is 1. The highest BCUT2D eigenvalue weighted by molar-refractivity contribution is 7.90. The molecule has 88 valence electrons. The summed E-state index contributed by atoms with van der Waals surface area (Å²) in [4.78, 5) is 11.1. The Bertz CT molecular complexity index is 605.